The molecule has 10 heteroatoms. The minimum Gasteiger partial charge on any atom is -0.371 e. The first-order valence-electron chi connectivity index (χ1n) is 15.8. The molecule has 4 aliphatic heterocycles. The fraction of sp³-hybridized carbons (Fsp3) is 0.0250. The molecule has 8 bridgehead atoms. The van der Waals surface area contributed by atoms with Gasteiger partial charge in [0.25, 0.3) is 0 Å². The van der Waals surface area contributed by atoms with Gasteiger partial charge in [-0.05, 0) is 107 Å². The summed E-state index contributed by atoms with van der Waals surface area (Å²) in [7, 11) is 0. The first-order chi connectivity index (χ1) is 24.2. The van der Waals surface area contributed by atoms with E-state index in [2.05, 4.69) is 42.4 Å². The van der Waals surface area contributed by atoms with Crippen LogP contribution in [0.4, 0.5) is 0 Å². The van der Waals surface area contributed by atoms with Crippen LogP contribution < -0.4 is 16.0 Å². The van der Waals surface area contributed by atoms with E-state index in [4.69, 9.17) is 9.98 Å². The summed E-state index contributed by atoms with van der Waals surface area (Å²) in [6.45, 7) is 0. The second kappa shape index (κ2) is 13.0. The second-order valence-electron chi connectivity index (χ2n) is 11.7. The Morgan fingerprint density at radius 1 is 0.500 bits per heavy atom. The van der Waals surface area contributed by atoms with Crippen molar-refractivity contribution in [1.29, 1.82) is 0 Å². The topological polar surface area (TPSA) is 121 Å². The van der Waals surface area contributed by atoms with E-state index >= 15 is 0 Å². The van der Waals surface area contributed by atoms with E-state index in [1.54, 1.807) is 55.7 Å². The third kappa shape index (κ3) is 5.48. The number of nitrogens with zero attached hydrogens (tertiary/aromatic N) is 6. The number of ketones is 1. The number of aromatic nitrogens is 5. The maximum Gasteiger partial charge on any atom is 4.00 e. The standard InChI is InChI=1S/C40H26N8O.Ti/c49-35-23-34-38(26-11-19-43-20-12-26)32-4-3-30(46-32)36(24-7-15-41-16-8-24)28-1-2-29(45-28)37(25-9-17-42-18-10-25)31-5-6-33(47-31)39(40(35)48-34)27-13-21-44-22-14-27;/h1-23,40,45,48H;/q;+4. The van der Waals surface area contributed by atoms with Gasteiger partial charge in [-0.2, -0.15) is 0 Å². The maximum atomic E-state index is 14.1. The summed E-state index contributed by atoms with van der Waals surface area (Å²) in [5.74, 6) is -0.0787. The fourth-order valence-corrected chi connectivity index (χ4v) is 6.71. The molecule has 2 N–H and O–H groups in total. The molecule has 5 aromatic heterocycles. The summed E-state index contributed by atoms with van der Waals surface area (Å²) in [5.41, 5.74) is 10.7. The van der Waals surface area contributed by atoms with E-state index < -0.39 is 6.04 Å². The summed E-state index contributed by atoms with van der Waals surface area (Å²) in [5, 5.41) is 5.35. The third-order valence-electron chi connectivity index (χ3n) is 8.88. The summed E-state index contributed by atoms with van der Waals surface area (Å²) in [4.78, 5) is 45.3. The molecule has 9 nitrogen and oxygen atoms in total. The Kier molecular flexibility index (Phi) is 8.12. The van der Waals surface area contributed by atoms with Gasteiger partial charge in [-0.15, -0.1) is 0 Å². The molecular formula is C40H26N8OTi+4. The quantitative estimate of drug-likeness (QED) is 0.273. The minimum absolute atomic E-state index is 0. The maximum absolute atomic E-state index is 14.1. The van der Waals surface area contributed by atoms with Crippen LogP contribution in [0.5, 0.6) is 0 Å². The number of carbonyl (C=O) groups excluding carboxylic acids is 1. The normalized spacial score (nSPS) is 17.8. The zero-order chi connectivity index (χ0) is 32.7. The molecule has 0 radical (unpaired) electrons. The number of aromatic amines is 1. The number of allylic oxidation sites excluding steroid dienone is 5. The number of hydrogen-bond acceptors (Lipinski definition) is 8. The van der Waals surface area contributed by atoms with Crippen molar-refractivity contribution in [2.45, 2.75) is 6.04 Å². The number of rotatable bonds is 4. The Morgan fingerprint density at radius 3 is 1.46 bits per heavy atom. The van der Waals surface area contributed by atoms with E-state index in [-0.39, 0.29) is 27.5 Å². The smallest absolute Gasteiger partial charge is 0.371 e. The molecule has 0 aliphatic carbocycles. The van der Waals surface area contributed by atoms with Crippen molar-refractivity contribution in [2.75, 3.05) is 0 Å². The molecule has 0 saturated carbocycles. The Labute approximate surface area is 301 Å². The predicted molar refractivity (Wildman–Crippen MR) is 189 cm³/mol. The number of pyridine rings is 4. The number of fused-ring (bicyclic) bond motifs is 6. The van der Waals surface area contributed by atoms with Crippen molar-refractivity contribution in [2.24, 2.45) is 9.98 Å². The number of carbonyl (C=O) groups is 1. The Hall–Kier alpha value is -6.16. The van der Waals surface area contributed by atoms with Crippen molar-refractivity contribution < 1.29 is 26.5 Å². The number of hydrogen-bond donors (Lipinski definition) is 2. The predicted octanol–water partition coefficient (Wildman–Crippen LogP) is 4.27. The average Bonchev–Trinajstić information content (AvgIpc) is 3.98. The summed E-state index contributed by atoms with van der Waals surface area (Å²) < 4.78 is 0. The van der Waals surface area contributed by atoms with Crippen LogP contribution in [0.25, 0.3) is 22.3 Å². The third-order valence-corrected chi connectivity index (χ3v) is 8.88. The van der Waals surface area contributed by atoms with Gasteiger partial charge in [0.2, 0.25) is 0 Å². The Morgan fingerprint density at radius 2 is 0.940 bits per heavy atom. The zero-order valence-electron chi connectivity index (χ0n) is 26.4. The van der Waals surface area contributed by atoms with Crippen LogP contribution in [-0.4, -0.2) is 48.2 Å². The van der Waals surface area contributed by atoms with Crippen molar-refractivity contribution in [1.82, 2.24) is 30.2 Å². The minimum atomic E-state index is -0.695. The molecule has 232 valence electrons. The molecule has 0 amide bonds. The van der Waals surface area contributed by atoms with Crippen LogP contribution in [0.1, 0.15) is 22.3 Å². The molecule has 9 rings (SSSR count). The van der Waals surface area contributed by atoms with Gasteiger partial charge in [0.15, 0.2) is 5.78 Å². The Bertz CT molecular complexity index is 2510. The largest absolute Gasteiger partial charge is 4.00 e. The molecule has 1 atom stereocenters. The molecule has 9 heterocycles. The fourth-order valence-electron chi connectivity index (χ4n) is 6.71. The van der Waals surface area contributed by atoms with E-state index in [1.165, 1.54) is 0 Å². The van der Waals surface area contributed by atoms with Gasteiger partial charge in [-0.1, -0.05) is 0 Å². The second-order valence-corrected chi connectivity index (χ2v) is 11.7. The molecule has 0 fully saturated rings. The van der Waals surface area contributed by atoms with Crippen molar-refractivity contribution in [3.8, 4) is 0 Å². The SMILES string of the molecule is O=C1C=C2NC1C(c1ccncc1)=C1C=CC(=N1)C(c1ccncc1)=c1ccc([nH]1)=C(c1ccncc1)C1=NC(=C2c2ccncc2)C=C1.[Ti+4]. The first kappa shape index (κ1) is 31.1. The number of H-pyrrole nitrogens is 1. The molecule has 0 aromatic carbocycles. The summed E-state index contributed by atoms with van der Waals surface area (Å²) in [6, 6.07) is 19.1. The van der Waals surface area contributed by atoms with Crippen LogP contribution in [0.15, 0.2) is 168 Å². The summed E-state index contributed by atoms with van der Waals surface area (Å²) in [6.07, 6.45) is 23.8. The van der Waals surface area contributed by atoms with E-state index in [0.29, 0.717) is 11.4 Å². The van der Waals surface area contributed by atoms with E-state index in [0.717, 1.165) is 72.4 Å². The molecule has 0 spiro atoms. The summed E-state index contributed by atoms with van der Waals surface area (Å²) >= 11 is 0. The van der Waals surface area contributed by atoms with Gasteiger partial charge in [-0.3, -0.25) is 24.7 Å². The molecule has 50 heavy (non-hydrogen) atoms. The van der Waals surface area contributed by atoms with Crippen molar-refractivity contribution in [3.05, 3.63) is 191 Å². The van der Waals surface area contributed by atoms with E-state index in [9.17, 15) is 4.79 Å². The zero-order valence-corrected chi connectivity index (χ0v) is 28.0. The van der Waals surface area contributed by atoms with Crippen LogP contribution >= 0.6 is 0 Å². The molecular weight excluding hydrogens is 656 g/mol. The van der Waals surface area contributed by atoms with Crippen LogP contribution in [0.3, 0.4) is 0 Å². The van der Waals surface area contributed by atoms with Gasteiger partial charge < -0.3 is 10.3 Å². The van der Waals surface area contributed by atoms with Crippen molar-refractivity contribution >= 4 is 39.5 Å². The van der Waals surface area contributed by atoms with Crippen molar-refractivity contribution in [3.63, 3.8) is 0 Å². The van der Waals surface area contributed by atoms with Gasteiger partial charge in [0.1, 0.15) is 6.04 Å². The van der Waals surface area contributed by atoms with Gasteiger partial charge in [-0.25, -0.2) is 9.98 Å². The molecule has 5 aromatic rings. The van der Waals surface area contributed by atoms with Crippen LogP contribution in [-0.2, 0) is 26.5 Å². The van der Waals surface area contributed by atoms with Gasteiger partial charge in [0.05, 0.1) is 22.8 Å². The average molecular weight is 683 g/mol. The molecule has 4 aliphatic rings. The first-order valence-corrected chi connectivity index (χ1v) is 15.8. The van der Waals surface area contributed by atoms with E-state index in [1.807, 2.05) is 72.8 Å². The number of aliphatic imine (C=N–C) groups is 2. The van der Waals surface area contributed by atoms with Crippen LogP contribution in [0, 0.1) is 0 Å². The van der Waals surface area contributed by atoms with Gasteiger partial charge >= 0.3 is 21.7 Å². The van der Waals surface area contributed by atoms with Gasteiger partial charge in [0, 0.05) is 94.3 Å². The van der Waals surface area contributed by atoms with Crippen LogP contribution in [0.2, 0.25) is 0 Å². The Balaban J connectivity index is 0.00000361. The monoisotopic (exact) mass is 682 g/mol. The molecule has 1 unspecified atom stereocenters. The molecule has 0 saturated heterocycles. The number of nitrogens with one attached hydrogen (secondary N) is 2.